The molecule has 0 spiro atoms. The zero-order chi connectivity index (χ0) is 17.6. The van der Waals surface area contributed by atoms with Crippen molar-refractivity contribution in [2.24, 2.45) is 23.7 Å². The molecule has 128 valence electrons. The van der Waals surface area contributed by atoms with Gasteiger partial charge in [0.05, 0.1) is 17.4 Å². The van der Waals surface area contributed by atoms with Crippen molar-refractivity contribution in [1.82, 2.24) is 15.0 Å². The first-order valence-electron chi connectivity index (χ1n) is 8.09. The summed E-state index contributed by atoms with van der Waals surface area (Å²) in [4.78, 5) is 25.7. The summed E-state index contributed by atoms with van der Waals surface area (Å²) in [6.07, 6.45) is 4.77. The van der Waals surface area contributed by atoms with Gasteiger partial charge in [0.15, 0.2) is 0 Å². The van der Waals surface area contributed by atoms with Gasteiger partial charge in [0.25, 0.3) is 5.91 Å². The lowest BCUT2D eigenvalue weighted by Crippen LogP contribution is -2.37. The summed E-state index contributed by atoms with van der Waals surface area (Å²) in [5.41, 5.74) is 1.28. The van der Waals surface area contributed by atoms with Crippen LogP contribution in [-0.4, -0.2) is 33.5 Å². The van der Waals surface area contributed by atoms with E-state index in [4.69, 9.17) is 16.3 Å². The second kappa shape index (κ2) is 6.11. The smallest absolute Gasteiger partial charge is 0.310 e. The second-order valence-electron chi connectivity index (χ2n) is 6.45. The van der Waals surface area contributed by atoms with Gasteiger partial charge < -0.3 is 4.74 Å². The summed E-state index contributed by atoms with van der Waals surface area (Å²) in [7, 11) is 0. The minimum atomic E-state index is -0.526. The monoisotopic (exact) mass is 357 g/mol. The third-order valence-corrected chi connectivity index (χ3v) is 5.06. The largest absolute Gasteiger partial charge is 0.460 e. The first-order valence-corrected chi connectivity index (χ1v) is 8.47. The third-order valence-electron chi connectivity index (χ3n) is 4.95. The van der Waals surface area contributed by atoms with Crippen LogP contribution in [0.2, 0.25) is 0 Å². The van der Waals surface area contributed by atoms with Crippen LogP contribution >= 0.6 is 11.6 Å². The van der Waals surface area contributed by atoms with E-state index in [1.807, 2.05) is 24.3 Å². The van der Waals surface area contributed by atoms with Crippen LogP contribution in [0.25, 0.3) is 11.0 Å². The van der Waals surface area contributed by atoms with Crippen LogP contribution in [0, 0.1) is 23.7 Å². The highest BCUT2D eigenvalue weighted by atomic mass is 35.5. The van der Waals surface area contributed by atoms with Crippen LogP contribution < -0.4 is 0 Å². The van der Waals surface area contributed by atoms with Crippen molar-refractivity contribution in [2.45, 2.75) is 6.42 Å². The van der Waals surface area contributed by atoms with Gasteiger partial charge in [0.1, 0.15) is 12.1 Å². The Morgan fingerprint density at radius 2 is 1.96 bits per heavy atom. The van der Waals surface area contributed by atoms with E-state index in [-0.39, 0.29) is 29.4 Å². The van der Waals surface area contributed by atoms with Crippen molar-refractivity contribution in [3.8, 4) is 0 Å². The van der Waals surface area contributed by atoms with Gasteiger partial charge >= 0.3 is 5.97 Å². The molecule has 1 aromatic heterocycles. The maximum atomic E-state index is 13.1. The Morgan fingerprint density at radius 1 is 1.24 bits per heavy atom. The Kier molecular flexibility index (Phi) is 3.92. The number of ether oxygens (including phenoxy) is 1. The maximum absolute atomic E-state index is 13.1. The molecule has 2 aliphatic carbocycles. The topological polar surface area (TPSA) is 74.1 Å². The van der Waals surface area contributed by atoms with Crippen LogP contribution in [0.15, 0.2) is 48.0 Å². The first-order chi connectivity index (χ1) is 12.1. The van der Waals surface area contributed by atoms with Crippen molar-refractivity contribution in [2.75, 3.05) is 6.61 Å². The number of esters is 1. The fraction of sp³-hybridized carbons (Fsp3) is 0.333. The lowest BCUT2D eigenvalue weighted by Gasteiger charge is -2.25. The molecule has 2 bridgehead atoms. The van der Waals surface area contributed by atoms with Crippen LogP contribution in [0.5, 0.6) is 0 Å². The van der Waals surface area contributed by atoms with E-state index in [2.05, 4.69) is 16.9 Å². The molecule has 1 fully saturated rings. The Balaban J connectivity index is 1.65. The van der Waals surface area contributed by atoms with E-state index < -0.39 is 17.8 Å². The zero-order valence-corrected chi connectivity index (χ0v) is 14.1. The lowest BCUT2D eigenvalue weighted by atomic mass is 9.82. The SMILES string of the molecule is C=C(Cl)COC(=O)C1C2C=CC(C2)C1C(=O)n1nnc2ccccc21. The lowest BCUT2D eigenvalue weighted by molar-refractivity contribution is -0.149. The van der Waals surface area contributed by atoms with Gasteiger partial charge in [-0.05, 0) is 30.4 Å². The molecule has 4 rings (SSSR count). The summed E-state index contributed by atoms with van der Waals surface area (Å²) >= 11 is 5.68. The molecule has 0 radical (unpaired) electrons. The molecule has 0 amide bonds. The predicted molar refractivity (Wildman–Crippen MR) is 91.8 cm³/mol. The molecular formula is C18H16ClN3O3. The average Bonchev–Trinajstić information content (AvgIpc) is 3.32. The third kappa shape index (κ3) is 2.66. The van der Waals surface area contributed by atoms with Gasteiger partial charge in [-0.2, -0.15) is 4.68 Å². The van der Waals surface area contributed by atoms with E-state index in [1.165, 1.54) is 4.68 Å². The number of hydrogen-bond acceptors (Lipinski definition) is 5. The minimum absolute atomic E-state index is 0.00447. The summed E-state index contributed by atoms with van der Waals surface area (Å²) in [6.45, 7) is 3.47. The number of carbonyl (C=O) groups excluding carboxylic acids is 2. The summed E-state index contributed by atoms with van der Waals surface area (Å²) in [5.74, 6) is -1.65. The molecule has 4 unspecified atom stereocenters. The predicted octanol–water partition coefficient (Wildman–Crippen LogP) is 2.81. The van der Waals surface area contributed by atoms with E-state index in [9.17, 15) is 9.59 Å². The van der Waals surface area contributed by atoms with E-state index in [0.29, 0.717) is 11.0 Å². The van der Waals surface area contributed by atoms with Crippen molar-refractivity contribution >= 4 is 34.5 Å². The van der Waals surface area contributed by atoms with Crippen LogP contribution in [0.1, 0.15) is 11.2 Å². The number of rotatable bonds is 4. The maximum Gasteiger partial charge on any atom is 0.310 e. The van der Waals surface area contributed by atoms with Crippen molar-refractivity contribution < 1.29 is 14.3 Å². The zero-order valence-electron chi connectivity index (χ0n) is 13.3. The molecule has 2 aliphatic rings. The number of fused-ring (bicyclic) bond motifs is 3. The Labute approximate surface area is 149 Å². The number of aromatic nitrogens is 3. The van der Waals surface area contributed by atoms with Crippen molar-refractivity contribution in [3.05, 3.63) is 48.0 Å². The fourth-order valence-electron chi connectivity index (χ4n) is 3.90. The molecule has 4 atom stereocenters. The fourth-order valence-corrected chi connectivity index (χ4v) is 3.95. The summed E-state index contributed by atoms with van der Waals surface area (Å²) < 4.78 is 6.52. The highest BCUT2D eigenvalue weighted by molar-refractivity contribution is 6.29. The quantitative estimate of drug-likeness (QED) is 0.621. The number of allylic oxidation sites excluding steroid dienone is 2. The molecule has 25 heavy (non-hydrogen) atoms. The Hall–Kier alpha value is -2.47. The molecule has 0 saturated heterocycles. The number of nitrogens with zero attached hydrogens (tertiary/aromatic N) is 3. The molecule has 2 aromatic rings. The highest BCUT2D eigenvalue weighted by Crippen LogP contribution is 2.49. The standard InChI is InChI=1S/C18H16ClN3O3/c1-10(19)9-25-18(24)16-12-7-6-11(8-12)15(16)17(23)22-14-5-3-2-4-13(14)20-21-22/h2-7,11-12,15-16H,1,8-9H2. The van der Waals surface area contributed by atoms with Crippen LogP contribution in [0.3, 0.4) is 0 Å². The average molecular weight is 358 g/mol. The number of hydrogen-bond donors (Lipinski definition) is 0. The summed E-state index contributed by atoms with van der Waals surface area (Å²) in [6, 6.07) is 7.25. The van der Waals surface area contributed by atoms with Crippen molar-refractivity contribution in [3.63, 3.8) is 0 Å². The van der Waals surface area contributed by atoms with Gasteiger partial charge in [-0.3, -0.25) is 9.59 Å². The van der Waals surface area contributed by atoms with Crippen LogP contribution in [0.4, 0.5) is 0 Å². The number of para-hydroxylation sites is 1. The van der Waals surface area contributed by atoms with E-state index in [0.717, 1.165) is 6.42 Å². The Bertz CT molecular complexity index is 904. The van der Waals surface area contributed by atoms with Crippen LogP contribution in [-0.2, 0) is 9.53 Å². The molecule has 0 aliphatic heterocycles. The number of carbonyl (C=O) groups is 2. The highest BCUT2D eigenvalue weighted by Gasteiger charge is 2.53. The van der Waals surface area contributed by atoms with Gasteiger partial charge in [-0.15, -0.1) is 5.10 Å². The second-order valence-corrected chi connectivity index (χ2v) is 6.99. The summed E-state index contributed by atoms with van der Waals surface area (Å²) in [5, 5.41) is 8.28. The molecule has 6 nitrogen and oxygen atoms in total. The molecular weight excluding hydrogens is 342 g/mol. The van der Waals surface area contributed by atoms with Crippen molar-refractivity contribution in [1.29, 1.82) is 0 Å². The molecule has 1 saturated carbocycles. The molecule has 1 heterocycles. The van der Waals surface area contributed by atoms with Gasteiger partial charge in [0.2, 0.25) is 0 Å². The normalized spacial score (nSPS) is 26.9. The number of benzene rings is 1. The minimum Gasteiger partial charge on any atom is -0.460 e. The molecule has 7 heteroatoms. The number of halogens is 1. The van der Waals surface area contributed by atoms with Gasteiger partial charge in [-0.25, -0.2) is 0 Å². The van der Waals surface area contributed by atoms with Gasteiger partial charge in [-0.1, -0.05) is 47.7 Å². The van der Waals surface area contributed by atoms with Gasteiger partial charge in [0, 0.05) is 5.03 Å². The first kappa shape index (κ1) is 16.0. The molecule has 1 aromatic carbocycles. The Morgan fingerprint density at radius 3 is 2.72 bits per heavy atom. The van der Waals surface area contributed by atoms with E-state index >= 15 is 0 Å². The molecule has 0 N–H and O–H groups in total. The van der Waals surface area contributed by atoms with E-state index in [1.54, 1.807) is 12.1 Å².